The Morgan fingerprint density at radius 3 is 2.60 bits per heavy atom. The normalized spacial score (nSPS) is 25.4. The van der Waals surface area contributed by atoms with Gasteiger partial charge in [-0.1, -0.05) is 38.2 Å². The van der Waals surface area contributed by atoms with Crippen LogP contribution in [0.25, 0.3) is 0 Å². The Labute approximate surface area is 152 Å². The molecule has 6 nitrogen and oxygen atoms in total. The molecule has 1 saturated heterocycles. The molecule has 1 saturated carbocycles. The Kier molecular flexibility index (Phi) is 5.42. The number of urea groups is 1. The van der Waals surface area contributed by atoms with Gasteiger partial charge in [-0.05, 0) is 31.2 Å². The van der Waals surface area contributed by atoms with Crippen molar-refractivity contribution in [3.63, 3.8) is 0 Å². The zero-order valence-corrected chi connectivity index (χ0v) is 15.4. The number of rotatable bonds is 4. The van der Waals surface area contributed by atoms with E-state index in [1.54, 1.807) is 6.92 Å². The molecule has 1 aromatic heterocycles. The molecule has 136 valence electrons. The molecule has 1 aromatic rings. The van der Waals surface area contributed by atoms with Crippen LogP contribution in [0.5, 0.6) is 0 Å². The van der Waals surface area contributed by atoms with E-state index in [-0.39, 0.29) is 24.4 Å². The molecule has 3 rings (SSSR count). The molecule has 1 aliphatic heterocycles. The minimum absolute atomic E-state index is 0.150. The molecule has 0 spiro atoms. The molecule has 0 aromatic carbocycles. The van der Waals surface area contributed by atoms with Crippen LogP contribution in [0.1, 0.15) is 56.7 Å². The van der Waals surface area contributed by atoms with Gasteiger partial charge in [-0.15, -0.1) is 11.3 Å². The molecule has 7 heteroatoms. The monoisotopic (exact) mass is 363 g/mol. The highest BCUT2D eigenvalue weighted by atomic mass is 32.1. The van der Waals surface area contributed by atoms with Crippen LogP contribution in [-0.2, 0) is 15.1 Å². The smallest absolute Gasteiger partial charge is 0.325 e. The van der Waals surface area contributed by atoms with Gasteiger partial charge in [0.05, 0.1) is 0 Å². The topological polar surface area (TPSA) is 78.5 Å². The maximum absolute atomic E-state index is 12.7. The van der Waals surface area contributed by atoms with Crippen LogP contribution >= 0.6 is 11.3 Å². The zero-order valence-electron chi connectivity index (χ0n) is 14.5. The molecular weight excluding hydrogens is 338 g/mol. The van der Waals surface area contributed by atoms with Gasteiger partial charge in [0.25, 0.3) is 5.91 Å². The van der Waals surface area contributed by atoms with E-state index in [1.165, 1.54) is 30.6 Å². The second kappa shape index (κ2) is 7.56. The van der Waals surface area contributed by atoms with E-state index >= 15 is 0 Å². The first-order valence-corrected chi connectivity index (χ1v) is 9.86. The van der Waals surface area contributed by atoms with Crippen molar-refractivity contribution in [2.24, 2.45) is 0 Å². The minimum Gasteiger partial charge on any atom is -0.352 e. The maximum atomic E-state index is 12.7. The van der Waals surface area contributed by atoms with E-state index in [4.69, 9.17) is 0 Å². The van der Waals surface area contributed by atoms with Gasteiger partial charge in [-0.2, -0.15) is 0 Å². The third-order valence-corrected chi connectivity index (χ3v) is 6.15. The number of hydrogen-bond acceptors (Lipinski definition) is 4. The standard InChI is InChI=1S/C18H25N3O3S/c1-18(14-10-7-11-25-14)16(23)21(17(24)20-18)12-15(22)19-13-8-5-3-2-4-6-9-13/h7,10-11,13H,2-6,8-9,12H2,1H3,(H,19,22)(H,20,24). The van der Waals surface area contributed by atoms with Crippen LogP contribution < -0.4 is 10.6 Å². The molecule has 1 aliphatic carbocycles. The molecule has 2 heterocycles. The Balaban J connectivity index is 1.61. The first kappa shape index (κ1) is 17.9. The summed E-state index contributed by atoms with van der Waals surface area (Å²) in [5.41, 5.74) is -1.08. The van der Waals surface area contributed by atoms with E-state index in [0.29, 0.717) is 0 Å². The van der Waals surface area contributed by atoms with Crippen LogP contribution in [0, 0.1) is 0 Å². The largest absolute Gasteiger partial charge is 0.352 e. The number of nitrogens with zero attached hydrogens (tertiary/aromatic N) is 1. The number of nitrogens with one attached hydrogen (secondary N) is 2. The predicted octanol–water partition coefficient (Wildman–Crippen LogP) is 2.74. The van der Waals surface area contributed by atoms with Crippen molar-refractivity contribution >= 4 is 29.2 Å². The lowest BCUT2D eigenvalue weighted by Gasteiger charge is -2.23. The van der Waals surface area contributed by atoms with Gasteiger partial charge in [0.15, 0.2) is 5.54 Å². The lowest BCUT2D eigenvalue weighted by molar-refractivity contribution is -0.135. The van der Waals surface area contributed by atoms with Crippen molar-refractivity contribution in [3.8, 4) is 0 Å². The van der Waals surface area contributed by atoms with Crippen molar-refractivity contribution < 1.29 is 14.4 Å². The Morgan fingerprint density at radius 2 is 1.96 bits per heavy atom. The summed E-state index contributed by atoms with van der Waals surface area (Å²) in [6.45, 7) is 1.47. The summed E-state index contributed by atoms with van der Waals surface area (Å²) in [4.78, 5) is 39.1. The number of amides is 4. The first-order chi connectivity index (χ1) is 12.0. The molecule has 4 amide bonds. The Hall–Kier alpha value is -1.89. The summed E-state index contributed by atoms with van der Waals surface area (Å²) < 4.78 is 0. The second-order valence-corrected chi connectivity index (χ2v) is 7.98. The summed E-state index contributed by atoms with van der Waals surface area (Å²) in [5.74, 6) is -0.628. The Morgan fingerprint density at radius 1 is 1.28 bits per heavy atom. The molecule has 0 bridgehead atoms. The van der Waals surface area contributed by atoms with Crippen LogP contribution in [0.3, 0.4) is 0 Å². The van der Waals surface area contributed by atoms with Crippen LogP contribution in [0.15, 0.2) is 17.5 Å². The van der Waals surface area contributed by atoms with Crippen LogP contribution in [0.4, 0.5) is 4.79 Å². The lowest BCUT2D eigenvalue weighted by Crippen LogP contribution is -2.45. The fourth-order valence-corrected chi connectivity index (χ4v) is 4.42. The van der Waals surface area contributed by atoms with Gasteiger partial charge in [-0.25, -0.2) is 4.79 Å². The molecule has 25 heavy (non-hydrogen) atoms. The SMILES string of the molecule is CC1(c2cccs2)NC(=O)N(CC(=O)NC2CCCCCCC2)C1=O. The summed E-state index contributed by atoms with van der Waals surface area (Å²) in [6, 6.07) is 3.31. The quantitative estimate of drug-likeness (QED) is 0.808. The molecular formula is C18H25N3O3S. The van der Waals surface area contributed by atoms with Crippen molar-refractivity contribution in [2.45, 2.75) is 63.5 Å². The number of thiophene rings is 1. The molecule has 1 unspecified atom stereocenters. The fourth-order valence-electron chi connectivity index (χ4n) is 3.59. The molecule has 1 atom stereocenters. The fraction of sp³-hybridized carbons (Fsp3) is 0.611. The molecule has 0 radical (unpaired) electrons. The average molecular weight is 363 g/mol. The van der Waals surface area contributed by atoms with E-state index in [0.717, 1.165) is 35.5 Å². The summed E-state index contributed by atoms with van der Waals surface area (Å²) >= 11 is 1.42. The van der Waals surface area contributed by atoms with Crippen molar-refractivity contribution in [1.82, 2.24) is 15.5 Å². The lowest BCUT2D eigenvalue weighted by atomic mass is 9.97. The summed E-state index contributed by atoms with van der Waals surface area (Å²) in [6.07, 6.45) is 7.86. The highest BCUT2D eigenvalue weighted by Crippen LogP contribution is 2.31. The highest BCUT2D eigenvalue weighted by Gasteiger charge is 2.50. The number of imide groups is 1. The van der Waals surface area contributed by atoms with E-state index in [2.05, 4.69) is 10.6 Å². The molecule has 2 N–H and O–H groups in total. The third-order valence-electron chi connectivity index (χ3n) is 5.06. The predicted molar refractivity (Wildman–Crippen MR) is 96.2 cm³/mol. The highest BCUT2D eigenvalue weighted by molar-refractivity contribution is 7.10. The van der Waals surface area contributed by atoms with E-state index in [9.17, 15) is 14.4 Å². The van der Waals surface area contributed by atoms with Crippen LogP contribution in [-0.4, -0.2) is 35.3 Å². The van der Waals surface area contributed by atoms with Gasteiger partial charge in [0.2, 0.25) is 5.91 Å². The number of carbonyl (C=O) groups is 3. The van der Waals surface area contributed by atoms with E-state index in [1.807, 2.05) is 17.5 Å². The first-order valence-electron chi connectivity index (χ1n) is 8.98. The van der Waals surface area contributed by atoms with E-state index < -0.39 is 11.6 Å². The van der Waals surface area contributed by atoms with Gasteiger partial charge in [0, 0.05) is 10.9 Å². The van der Waals surface area contributed by atoms with Crippen LogP contribution in [0.2, 0.25) is 0 Å². The zero-order chi connectivity index (χ0) is 17.9. The van der Waals surface area contributed by atoms with Gasteiger partial charge < -0.3 is 10.6 Å². The second-order valence-electron chi connectivity index (χ2n) is 7.03. The molecule has 2 aliphatic rings. The van der Waals surface area contributed by atoms with Crippen molar-refractivity contribution in [2.75, 3.05) is 6.54 Å². The summed E-state index contributed by atoms with van der Waals surface area (Å²) in [7, 11) is 0. The minimum atomic E-state index is -1.08. The third kappa shape index (κ3) is 3.86. The van der Waals surface area contributed by atoms with Gasteiger partial charge >= 0.3 is 6.03 Å². The van der Waals surface area contributed by atoms with Gasteiger partial charge in [0.1, 0.15) is 6.54 Å². The Bertz CT molecular complexity index is 638. The number of carbonyl (C=O) groups excluding carboxylic acids is 3. The van der Waals surface area contributed by atoms with Crippen molar-refractivity contribution in [3.05, 3.63) is 22.4 Å². The summed E-state index contributed by atoms with van der Waals surface area (Å²) in [5, 5.41) is 7.60. The number of hydrogen-bond donors (Lipinski definition) is 2. The molecule has 2 fully saturated rings. The van der Waals surface area contributed by atoms with Gasteiger partial charge in [-0.3, -0.25) is 14.5 Å². The van der Waals surface area contributed by atoms with Crippen molar-refractivity contribution in [1.29, 1.82) is 0 Å². The maximum Gasteiger partial charge on any atom is 0.325 e. The average Bonchev–Trinajstić information content (AvgIpc) is 3.15.